The van der Waals surface area contributed by atoms with Crippen molar-refractivity contribution < 1.29 is 33.4 Å². The van der Waals surface area contributed by atoms with Gasteiger partial charge in [-0.15, -0.1) is 0 Å². The van der Waals surface area contributed by atoms with Crippen LogP contribution in [0.5, 0.6) is 0 Å². The molecule has 0 fully saturated rings. The Kier molecular flexibility index (Phi) is 17.3. The van der Waals surface area contributed by atoms with Gasteiger partial charge in [-0.3, -0.25) is 24.0 Å². The van der Waals surface area contributed by atoms with Crippen LogP contribution in [-0.2, 0) is 40.0 Å². The van der Waals surface area contributed by atoms with E-state index in [-0.39, 0.29) is 63.2 Å². The smallest absolute Gasteiger partial charge is 0.307 e. The molecule has 0 bridgehead atoms. The summed E-state index contributed by atoms with van der Waals surface area (Å²) >= 11 is 2.22. The molecule has 0 saturated carbocycles. The van der Waals surface area contributed by atoms with Crippen LogP contribution in [0.4, 0.5) is 0 Å². The van der Waals surface area contributed by atoms with Crippen LogP contribution in [0.25, 0.3) is 0 Å². The zero-order valence-corrected chi connectivity index (χ0v) is 27.8. The summed E-state index contributed by atoms with van der Waals surface area (Å²) in [5.41, 5.74) is 0.344. The fourth-order valence-corrected chi connectivity index (χ4v) is 4.31. The number of rotatable bonds is 18. The Labute approximate surface area is 263 Å². The predicted octanol–water partition coefficient (Wildman–Crippen LogP) is 2.84. The van der Waals surface area contributed by atoms with Crippen LogP contribution in [0.1, 0.15) is 72.3 Å². The average Bonchev–Trinajstić information content (AvgIpc) is 2.90. The molecule has 1 rings (SSSR count). The maximum Gasteiger partial charge on any atom is 0.307 e. The third kappa shape index (κ3) is 17.3. The molecule has 4 N–H and O–H groups in total. The lowest BCUT2D eigenvalue weighted by Crippen LogP contribution is -2.48. The van der Waals surface area contributed by atoms with E-state index in [4.69, 9.17) is 9.47 Å². The first kappa shape index (κ1) is 37.3. The minimum absolute atomic E-state index is 0.000222. The fraction of sp³-hybridized carbons (Fsp3) is 0.633. The molecule has 2 atom stereocenters. The molecule has 0 unspecified atom stereocenters. The molecular weight excluding hydrogens is 655 g/mol. The Bertz CT molecular complexity index is 1030. The minimum Gasteiger partial charge on any atom is -0.460 e. The second-order valence-corrected chi connectivity index (χ2v) is 12.7. The van der Waals surface area contributed by atoms with Gasteiger partial charge in [0.2, 0.25) is 23.6 Å². The molecule has 236 valence electrons. The molecule has 1 aromatic carbocycles. The number of hydrogen-bond acceptors (Lipinski definition) is 7. The summed E-state index contributed by atoms with van der Waals surface area (Å²) < 4.78 is 11.9. The number of likely N-dealkylation sites (N-methyl/N-ethyl adjacent to an activating group) is 1. The summed E-state index contributed by atoms with van der Waals surface area (Å²) in [4.78, 5) is 62.2. The number of halogens is 1. The highest BCUT2D eigenvalue weighted by Crippen LogP contribution is 2.19. The molecule has 0 aliphatic rings. The van der Waals surface area contributed by atoms with E-state index in [9.17, 15) is 24.0 Å². The van der Waals surface area contributed by atoms with Crippen molar-refractivity contribution in [3.05, 3.63) is 33.4 Å². The molecule has 12 heteroatoms. The lowest BCUT2D eigenvalue weighted by Gasteiger charge is -2.24. The molecule has 4 amide bonds. The molecule has 0 aliphatic heterocycles. The third-order valence-corrected chi connectivity index (χ3v) is 6.66. The number of hydrogen-bond donors (Lipinski definition) is 4. The normalized spacial score (nSPS) is 12.7. The Balaban J connectivity index is 2.42. The molecule has 0 aliphatic carbocycles. The van der Waals surface area contributed by atoms with Crippen molar-refractivity contribution in [2.75, 3.05) is 26.8 Å². The lowest BCUT2D eigenvalue weighted by atomic mass is 9.92. The van der Waals surface area contributed by atoms with Gasteiger partial charge in [0, 0.05) is 42.5 Å². The number of ether oxygens (including phenoxy) is 2. The highest BCUT2D eigenvalue weighted by Gasteiger charge is 2.29. The topological polar surface area (TPSA) is 152 Å². The molecule has 0 aromatic heterocycles. The quantitative estimate of drug-likeness (QED) is 0.104. The molecule has 0 spiro atoms. The van der Waals surface area contributed by atoms with Crippen LogP contribution in [0.3, 0.4) is 0 Å². The third-order valence-electron chi connectivity index (χ3n) is 5.94. The molecule has 42 heavy (non-hydrogen) atoms. The standard InChI is InChI=1S/C30H47IN4O7/c1-20(2)17-22(18-27(38)42-30(3,4)5)28(39)35-24(29(40)32-6)11-12-25(36)33-14-16-41-15-13-26(37)34-19-21-7-9-23(31)10-8-21/h7-10,20,22,24H,11-19H2,1-6H3,(H,32,40)(H,33,36)(H,34,37)(H,35,39)/t22-,24+/m1/s1. The van der Waals surface area contributed by atoms with Crippen LogP contribution < -0.4 is 21.3 Å². The number of carbonyl (C=O) groups excluding carboxylic acids is 5. The minimum atomic E-state index is -0.934. The van der Waals surface area contributed by atoms with Gasteiger partial charge < -0.3 is 30.7 Å². The van der Waals surface area contributed by atoms with Crippen molar-refractivity contribution in [3.63, 3.8) is 0 Å². The van der Waals surface area contributed by atoms with Crippen LogP contribution >= 0.6 is 22.6 Å². The monoisotopic (exact) mass is 702 g/mol. The van der Waals surface area contributed by atoms with Gasteiger partial charge in [-0.2, -0.15) is 0 Å². The second kappa shape index (κ2) is 19.4. The molecule has 0 radical (unpaired) electrons. The van der Waals surface area contributed by atoms with E-state index in [0.29, 0.717) is 13.0 Å². The molecular formula is C30H47IN4O7. The van der Waals surface area contributed by atoms with Gasteiger partial charge in [-0.25, -0.2) is 0 Å². The van der Waals surface area contributed by atoms with Crippen molar-refractivity contribution in [3.8, 4) is 0 Å². The summed E-state index contributed by atoms with van der Waals surface area (Å²) in [5, 5.41) is 10.8. The van der Waals surface area contributed by atoms with Gasteiger partial charge in [0.15, 0.2) is 0 Å². The summed E-state index contributed by atoms with van der Waals surface area (Å²) in [6.45, 7) is 10.3. The largest absolute Gasteiger partial charge is 0.460 e. The first-order chi connectivity index (χ1) is 19.7. The highest BCUT2D eigenvalue weighted by molar-refractivity contribution is 14.1. The maximum atomic E-state index is 13.1. The number of carbonyl (C=O) groups is 5. The Morgan fingerprint density at radius 2 is 1.55 bits per heavy atom. The van der Waals surface area contributed by atoms with E-state index in [0.717, 1.165) is 9.13 Å². The van der Waals surface area contributed by atoms with Crippen molar-refractivity contribution >= 4 is 52.2 Å². The molecule has 11 nitrogen and oxygen atoms in total. The van der Waals surface area contributed by atoms with Crippen LogP contribution in [0.15, 0.2) is 24.3 Å². The van der Waals surface area contributed by atoms with Crippen molar-refractivity contribution in [1.82, 2.24) is 21.3 Å². The summed E-state index contributed by atoms with van der Waals surface area (Å²) in [6, 6.07) is 6.94. The van der Waals surface area contributed by atoms with Crippen molar-refractivity contribution in [2.45, 2.75) is 84.9 Å². The summed E-state index contributed by atoms with van der Waals surface area (Å²) in [6.07, 6.45) is 0.633. The predicted molar refractivity (Wildman–Crippen MR) is 168 cm³/mol. The highest BCUT2D eigenvalue weighted by atomic mass is 127. The lowest BCUT2D eigenvalue weighted by molar-refractivity contribution is -0.157. The summed E-state index contributed by atoms with van der Waals surface area (Å²) in [7, 11) is 1.45. The van der Waals surface area contributed by atoms with Crippen LogP contribution in [-0.4, -0.2) is 68.0 Å². The number of amides is 4. The zero-order chi connectivity index (χ0) is 31.7. The SMILES string of the molecule is CNC(=O)[C@H](CCC(=O)NCCOCCC(=O)NCc1ccc(I)cc1)NC(=O)[C@@H](CC(=O)OC(C)(C)C)CC(C)C. The van der Waals surface area contributed by atoms with E-state index < -0.39 is 35.3 Å². The van der Waals surface area contributed by atoms with Gasteiger partial charge in [-0.05, 0) is 79.8 Å². The molecule has 0 saturated heterocycles. The van der Waals surface area contributed by atoms with Gasteiger partial charge in [-0.1, -0.05) is 26.0 Å². The fourth-order valence-electron chi connectivity index (χ4n) is 3.95. The number of benzene rings is 1. The van der Waals surface area contributed by atoms with Gasteiger partial charge >= 0.3 is 5.97 Å². The van der Waals surface area contributed by atoms with Crippen LogP contribution in [0.2, 0.25) is 0 Å². The van der Waals surface area contributed by atoms with Gasteiger partial charge in [0.25, 0.3) is 0 Å². The number of nitrogens with one attached hydrogen (secondary N) is 4. The van der Waals surface area contributed by atoms with Gasteiger partial charge in [0.1, 0.15) is 11.6 Å². The van der Waals surface area contributed by atoms with E-state index in [2.05, 4.69) is 43.9 Å². The summed E-state index contributed by atoms with van der Waals surface area (Å²) in [5.74, 6) is -2.29. The molecule has 1 aromatic rings. The van der Waals surface area contributed by atoms with E-state index in [1.807, 2.05) is 38.1 Å². The molecule has 0 heterocycles. The van der Waals surface area contributed by atoms with Crippen molar-refractivity contribution in [1.29, 1.82) is 0 Å². The van der Waals surface area contributed by atoms with Crippen LogP contribution in [0, 0.1) is 15.4 Å². The second-order valence-electron chi connectivity index (χ2n) is 11.4. The number of esters is 1. The maximum absolute atomic E-state index is 13.1. The van der Waals surface area contributed by atoms with Crippen molar-refractivity contribution in [2.24, 2.45) is 11.8 Å². The average molecular weight is 703 g/mol. The zero-order valence-electron chi connectivity index (χ0n) is 25.6. The van der Waals surface area contributed by atoms with E-state index >= 15 is 0 Å². The van der Waals surface area contributed by atoms with E-state index in [1.165, 1.54) is 7.05 Å². The van der Waals surface area contributed by atoms with Gasteiger partial charge in [0.05, 0.1) is 19.6 Å². The Hall–Kier alpha value is -2.74. The first-order valence-corrected chi connectivity index (χ1v) is 15.4. The van der Waals surface area contributed by atoms with E-state index in [1.54, 1.807) is 20.8 Å². The first-order valence-electron chi connectivity index (χ1n) is 14.3. The Morgan fingerprint density at radius 1 is 0.905 bits per heavy atom. The Morgan fingerprint density at radius 3 is 2.14 bits per heavy atom.